The maximum absolute atomic E-state index is 13.0. The number of nitrogens with zero attached hydrogens (tertiary/aromatic N) is 2. The molecule has 5 heteroatoms. The van der Waals surface area contributed by atoms with E-state index in [1.807, 2.05) is 48.5 Å². The van der Waals surface area contributed by atoms with Crippen molar-refractivity contribution in [2.45, 2.75) is 18.9 Å². The Morgan fingerprint density at radius 1 is 1.04 bits per heavy atom. The van der Waals surface area contributed by atoms with E-state index < -0.39 is 0 Å². The fourth-order valence-corrected chi connectivity index (χ4v) is 3.47. The highest BCUT2D eigenvalue weighted by atomic mass is 16.2. The van der Waals surface area contributed by atoms with E-state index in [0.717, 1.165) is 24.1 Å². The quantitative estimate of drug-likeness (QED) is 0.791. The molecule has 3 aromatic rings. The molecule has 0 radical (unpaired) electrons. The van der Waals surface area contributed by atoms with Crippen LogP contribution in [0.4, 0.5) is 0 Å². The number of aromatic nitrogens is 2. The summed E-state index contributed by atoms with van der Waals surface area (Å²) in [7, 11) is 0. The highest BCUT2D eigenvalue weighted by molar-refractivity contribution is 5.94. The van der Waals surface area contributed by atoms with Crippen LogP contribution in [0.5, 0.6) is 0 Å². The molecule has 1 aliphatic rings. The van der Waals surface area contributed by atoms with Crippen molar-refractivity contribution in [1.29, 1.82) is 0 Å². The first-order valence-corrected chi connectivity index (χ1v) is 8.75. The third kappa shape index (κ3) is 3.04. The molecular weight excluding hydrogens is 326 g/mol. The summed E-state index contributed by atoms with van der Waals surface area (Å²) >= 11 is 0. The number of rotatable bonds is 3. The zero-order chi connectivity index (χ0) is 17.9. The third-order valence-electron chi connectivity index (χ3n) is 4.77. The molecule has 26 heavy (non-hydrogen) atoms. The van der Waals surface area contributed by atoms with Crippen LogP contribution in [-0.4, -0.2) is 27.3 Å². The molecule has 0 spiro atoms. The van der Waals surface area contributed by atoms with Gasteiger partial charge in [0.1, 0.15) is 5.56 Å². The first kappa shape index (κ1) is 16.3. The Kier molecular flexibility index (Phi) is 4.35. The number of nitrogens with one attached hydrogen (secondary N) is 1. The van der Waals surface area contributed by atoms with E-state index in [2.05, 4.69) is 9.97 Å². The number of hydrogen-bond donors (Lipinski definition) is 1. The van der Waals surface area contributed by atoms with Gasteiger partial charge in [-0.05, 0) is 42.7 Å². The monoisotopic (exact) mass is 345 g/mol. The fraction of sp³-hybridized carbons (Fsp3) is 0.190. The molecule has 130 valence electrons. The number of benzene rings is 1. The summed E-state index contributed by atoms with van der Waals surface area (Å²) in [5.41, 5.74) is 2.30. The van der Waals surface area contributed by atoms with Crippen molar-refractivity contribution in [3.63, 3.8) is 0 Å². The topological polar surface area (TPSA) is 66.1 Å². The van der Waals surface area contributed by atoms with Gasteiger partial charge in [0.25, 0.3) is 11.5 Å². The number of carbonyl (C=O) groups is 1. The minimum Gasteiger partial charge on any atom is -0.330 e. The lowest BCUT2D eigenvalue weighted by Gasteiger charge is -2.24. The first-order chi connectivity index (χ1) is 12.7. The largest absolute Gasteiger partial charge is 0.330 e. The lowest BCUT2D eigenvalue weighted by molar-refractivity contribution is 0.0731. The van der Waals surface area contributed by atoms with Crippen molar-refractivity contribution in [2.24, 2.45) is 0 Å². The van der Waals surface area contributed by atoms with Crippen LogP contribution in [0.2, 0.25) is 0 Å². The summed E-state index contributed by atoms with van der Waals surface area (Å²) in [6.45, 7) is 0.639. The van der Waals surface area contributed by atoms with Crippen molar-refractivity contribution >= 4 is 5.91 Å². The minimum atomic E-state index is -0.358. The van der Waals surface area contributed by atoms with Crippen LogP contribution in [0.3, 0.4) is 0 Å². The van der Waals surface area contributed by atoms with Crippen LogP contribution in [0, 0.1) is 0 Å². The van der Waals surface area contributed by atoms with E-state index in [9.17, 15) is 9.59 Å². The number of carbonyl (C=O) groups excluding carboxylic acids is 1. The Balaban J connectivity index is 1.63. The maximum atomic E-state index is 13.0. The van der Waals surface area contributed by atoms with Crippen LogP contribution in [0.25, 0.3) is 11.3 Å². The second-order valence-corrected chi connectivity index (χ2v) is 6.39. The minimum absolute atomic E-state index is 0.0723. The molecule has 1 saturated heterocycles. The van der Waals surface area contributed by atoms with Crippen molar-refractivity contribution < 1.29 is 4.79 Å². The van der Waals surface area contributed by atoms with Crippen molar-refractivity contribution in [2.75, 3.05) is 6.54 Å². The molecule has 0 aliphatic carbocycles. The van der Waals surface area contributed by atoms with Gasteiger partial charge in [-0.1, -0.05) is 36.4 Å². The van der Waals surface area contributed by atoms with Crippen LogP contribution in [0.15, 0.2) is 71.7 Å². The average Bonchev–Trinajstić information content (AvgIpc) is 3.19. The molecule has 1 N–H and O–H groups in total. The summed E-state index contributed by atoms with van der Waals surface area (Å²) in [4.78, 5) is 34.5. The number of hydrogen-bond acceptors (Lipinski definition) is 3. The molecule has 0 unspecified atom stereocenters. The SMILES string of the molecule is O=C(c1ccc(-c2ccccc2)[nH]c1=O)N1CCC[C@@H]1c1ccccn1. The molecule has 5 nitrogen and oxygen atoms in total. The maximum Gasteiger partial charge on any atom is 0.261 e. The van der Waals surface area contributed by atoms with Gasteiger partial charge in [0, 0.05) is 18.4 Å². The van der Waals surface area contributed by atoms with Gasteiger partial charge in [0.15, 0.2) is 0 Å². The molecule has 1 amide bonds. The molecule has 2 aromatic heterocycles. The number of pyridine rings is 2. The summed E-state index contributed by atoms with van der Waals surface area (Å²) < 4.78 is 0. The van der Waals surface area contributed by atoms with Crippen LogP contribution in [-0.2, 0) is 0 Å². The Bertz CT molecular complexity index is 967. The molecular formula is C21H19N3O2. The molecule has 0 bridgehead atoms. The summed E-state index contributed by atoms with van der Waals surface area (Å²) in [5, 5.41) is 0. The Morgan fingerprint density at radius 2 is 1.85 bits per heavy atom. The van der Waals surface area contributed by atoms with Gasteiger partial charge in [0.2, 0.25) is 0 Å². The van der Waals surface area contributed by atoms with Gasteiger partial charge in [-0.3, -0.25) is 14.6 Å². The van der Waals surface area contributed by atoms with Gasteiger partial charge >= 0.3 is 0 Å². The van der Waals surface area contributed by atoms with E-state index in [-0.39, 0.29) is 23.1 Å². The molecule has 3 heterocycles. The lowest BCUT2D eigenvalue weighted by atomic mass is 10.1. The van der Waals surface area contributed by atoms with E-state index in [0.29, 0.717) is 12.2 Å². The second-order valence-electron chi connectivity index (χ2n) is 6.39. The highest BCUT2D eigenvalue weighted by Gasteiger charge is 2.32. The number of likely N-dealkylation sites (tertiary alicyclic amines) is 1. The Labute approximate surface area is 151 Å². The average molecular weight is 345 g/mol. The van der Waals surface area contributed by atoms with Crippen molar-refractivity contribution in [3.8, 4) is 11.3 Å². The molecule has 1 fully saturated rings. The molecule has 0 saturated carbocycles. The summed E-state index contributed by atoms with van der Waals surface area (Å²) in [5.74, 6) is -0.237. The molecule has 4 rings (SSSR count). The third-order valence-corrected chi connectivity index (χ3v) is 4.77. The molecule has 1 atom stereocenters. The zero-order valence-corrected chi connectivity index (χ0v) is 14.3. The van der Waals surface area contributed by atoms with Crippen molar-refractivity contribution in [3.05, 3.63) is 88.5 Å². The zero-order valence-electron chi connectivity index (χ0n) is 14.3. The number of amides is 1. The van der Waals surface area contributed by atoms with Crippen molar-refractivity contribution in [1.82, 2.24) is 14.9 Å². The number of aromatic amines is 1. The Hall–Kier alpha value is -3.21. The molecule has 1 aromatic carbocycles. The predicted octanol–water partition coefficient (Wildman–Crippen LogP) is 3.41. The van der Waals surface area contributed by atoms with E-state index >= 15 is 0 Å². The standard InChI is InChI=1S/C21H19N3O2/c25-20-16(11-12-17(23-20)15-7-2-1-3-8-15)21(26)24-14-6-10-19(24)18-9-4-5-13-22-18/h1-5,7-9,11-13,19H,6,10,14H2,(H,23,25)/t19-/m1/s1. The fourth-order valence-electron chi connectivity index (χ4n) is 3.47. The van der Waals surface area contributed by atoms with Gasteiger partial charge in [-0.15, -0.1) is 0 Å². The van der Waals surface area contributed by atoms with Gasteiger partial charge in [-0.25, -0.2) is 0 Å². The van der Waals surface area contributed by atoms with Crippen LogP contribution < -0.4 is 5.56 Å². The Morgan fingerprint density at radius 3 is 2.58 bits per heavy atom. The summed E-state index contributed by atoms with van der Waals surface area (Å²) in [6.07, 6.45) is 3.51. The van der Waals surface area contributed by atoms with Gasteiger partial charge < -0.3 is 9.88 Å². The number of H-pyrrole nitrogens is 1. The predicted molar refractivity (Wildman–Crippen MR) is 99.7 cm³/mol. The van der Waals surface area contributed by atoms with Crippen LogP contribution >= 0.6 is 0 Å². The van der Waals surface area contributed by atoms with E-state index in [1.54, 1.807) is 23.2 Å². The van der Waals surface area contributed by atoms with Crippen LogP contribution in [0.1, 0.15) is 34.9 Å². The van der Waals surface area contributed by atoms with Gasteiger partial charge in [0.05, 0.1) is 11.7 Å². The normalized spacial score (nSPS) is 16.6. The first-order valence-electron chi connectivity index (χ1n) is 8.75. The molecule has 1 aliphatic heterocycles. The van der Waals surface area contributed by atoms with E-state index in [1.165, 1.54) is 0 Å². The van der Waals surface area contributed by atoms with Gasteiger partial charge in [-0.2, -0.15) is 0 Å². The lowest BCUT2D eigenvalue weighted by Crippen LogP contribution is -2.34. The van der Waals surface area contributed by atoms with E-state index in [4.69, 9.17) is 0 Å². The smallest absolute Gasteiger partial charge is 0.261 e. The summed E-state index contributed by atoms with van der Waals surface area (Å²) in [6, 6.07) is 18.6. The highest BCUT2D eigenvalue weighted by Crippen LogP contribution is 2.31. The second kappa shape index (κ2) is 6.96.